The number of hydrogen-bond acceptors (Lipinski definition) is 6. The van der Waals surface area contributed by atoms with Crippen molar-refractivity contribution in [2.45, 2.75) is 12.6 Å². The van der Waals surface area contributed by atoms with Crippen LogP contribution in [0, 0.1) is 5.82 Å². The van der Waals surface area contributed by atoms with E-state index >= 15 is 0 Å². The Labute approximate surface area is 202 Å². The number of fused-ring (bicyclic) bond motifs is 2. The van der Waals surface area contributed by atoms with Crippen LogP contribution in [0.1, 0.15) is 0 Å². The maximum Gasteiger partial charge on any atom is 0.345 e. The first-order valence-electron chi connectivity index (χ1n) is 9.50. The minimum atomic E-state index is -4.53. The highest BCUT2D eigenvalue weighted by atomic mass is 35.5. The third-order valence-corrected chi connectivity index (χ3v) is 6.06. The molecule has 0 radical (unpaired) electrons. The average Bonchev–Trinajstić information content (AvgIpc) is 2.73. The van der Waals surface area contributed by atoms with Gasteiger partial charge in [-0.15, -0.1) is 0 Å². The van der Waals surface area contributed by atoms with E-state index < -0.39 is 55.8 Å². The molecule has 36 heavy (non-hydrogen) atoms. The van der Waals surface area contributed by atoms with E-state index in [0.717, 1.165) is 22.8 Å². The summed E-state index contributed by atoms with van der Waals surface area (Å²) in [6, 6.07) is 7.41. The number of halogens is 2. The molecule has 2 heterocycles. The van der Waals surface area contributed by atoms with Crippen molar-refractivity contribution in [1.82, 2.24) is 19.1 Å². The highest BCUT2D eigenvalue weighted by Crippen LogP contribution is 2.37. The van der Waals surface area contributed by atoms with Gasteiger partial charge in [0.05, 0.1) is 22.1 Å². The van der Waals surface area contributed by atoms with E-state index in [1.165, 1.54) is 18.2 Å². The number of aromatic amines is 2. The summed E-state index contributed by atoms with van der Waals surface area (Å²) in [5.74, 6) is -0.639. The van der Waals surface area contributed by atoms with Crippen LogP contribution >= 0.6 is 26.8 Å². The maximum absolute atomic E-state index is 13.0. The molecular weight excluding hydrogens is 549 g/mol. The minimum absolute atomic E-state index is 0.00644. The van der Waals surface area contributed by atoms with Crippen molar-refractivity contribution < 1.29 is 33.1 Å². The molecule has 18 heteroatoms. The number of rotatable bonds is 4. The molecule has 2 aromatic carbocycles. The van der Waals surface area contributed by atoms with Crippen molar-refractivity contribution in [1.29, 1.82) is 0 Å². The quantitative estimate of drug-likeness (QED) is 0.148. The first kappa shape index (κ1) is 27.4. The van der Waals surface area contributed by atoms with Crippen molar-refractivity contribution in [2.75, 3.05) is 0 Å². The zero-order valence-corrected chi connectivity index (χ0v) is 20.2. The van der Waals surface area contributed by atoms with E-state index in [4.69, 9.17) is 31.2 Å². The van der Waals surface area contributed by atoms with Gasteiger partial charge in [-0.1, -0.05) is 11.6 Å². The second-order valence-corrected chi connectivity index (χ2v) is 11.0. The smallest absolute Gasteiger partial charge is 0.323 e. The summed E-state index contributed by atoms with van der Waals surface area (Å²) in [5.41, 5.74) is -3.67. The minimum Gasteiger partial charge on any atom is -0.323 e. The number of H-pyrrole nitrogens is 2. The summed E-state index contributed by atoms with van der Waals surface area (Å²) in [5, 5.41) is 0.333. The molecule has 4 rings (SSSR count). The molecule has 0 saturated carbocycles. The Morgan fingerprint density at radius 2 is 1.17 bits per heavy atom. The average molecular weight is 565 g/mol. The maximum atomic E-state index is 13.0. The second-order valence-electron chi connectivity index (χ2n) is 7.31. The standard InChI is InChI=1S/C9H8ClN2O5P.C9H8FN2O5P/c2*10-5-1-2-7-6(3-5)11-8(13)9(14)12(7)4-18(15,16)17/h2*1-3H,4H2,(H,11,13)(H2,15,16,17). The molecular formula is C18H16ClFN4O10P2. The van der Waals surface area contributed by atoms with Crippen LogP contribution in [-0.2, 0) is 21.7 Å². The Kier molecular flexibility index (Phi) is 7.67. The van der Waals surface area contributed by atoms with Gasteiger partial charge in [0, 0.05) is 5.02 Å². The van der Waals surface area contributed by atoms with Gasteiger partial charge in [0.25, 0.3) is 0 Å². The molecule has 0 unspecified atom stereocenters. The highest BCUT2D eigenvalue weighted by Gasteiger charge is 2.19. The van der Waals surface area contributed by atoms with E-state index in [9.17, 15) is 32.7 Å². The van der Waals surface area contributed by atoms with Crippen LogP contribution < -0.4 is 22.2 Å². The van der Waals surface area contributed by atoms with Crippen LogP contribution in [0.5, 0.6) is 0 Å². The number of nitrogens with one attached hydrogen (secondary N) is 2. The molecule has 0 spiro atoms. The van der Waals surface area contributed by atoms with Crippen LogP contribution in [0.15, 0.2) is 55.6 Å². The lowest BCUT2D eigenvalue weighted by atomic mass is 10.3. The normalized spacial score (nSPS) is 11.9. The van der Waals surface area contributed by atoms with Crippen molar-refractivity contribution in [2.24, 2.45) is 0 Å². The van der Waals surface area contributed by atoms with Crippen molar-refractivity contribution in [3.63, 3.8) is 0 Å². The number of aromatic nitrogens is 4. The largest absolute Gasteiger partial charge is 0.345 e. The fraction of sp³-hybridized carbons (Fsp3) is 0.111. The Morgan fingerprint density at radius 3 is 1.61 bits per heavy atom. The lowest BCUT2D eigenvalue weighted by Crippen LogP contribution is -2.36. The van der Waals surface area contributed by atoms with Crippen LogP contribution in [-0.4, -0.2) is 38.7 Å². The molecule has 0 aliphatic rings. The van der Waals surface area contributed by atoms with Gasteiger partial charge in [-0.25, -0.2) is 4.39 Å². The van der Waals surface area contributed by atoms with Gasteiger partial charge in [0.2, 0.25) is 0 Å². The van der Waals surface area contributed by atoms with E-state index in [2.05, 4.69) is 9.97 Å². The fourth-order valence-electron chi connectivity index (χ4n) is 3.15. The molecule has 14 nitrogen and oxygen atoms in total. The molecule has 192 valence electrons. The molecule has 0 bridgehead atoms. The van der Waals surface area contributed by atoms with Crippen molar-refractivity contribution >= 4 is 48.9 Å². The zero-order valence-electron chi connectivity index (χ0n) is 17.7. The van der Waals surface area contributed by atoms with E-state index in [-0.39, 0.29) is 22.1 Å². The van der Waals surface area contributed by atoms with Gasteiger partial charge < -0.3 is 29.5 Å². The SMILES string of the molecule is O=c1[nH]c2cc(Cl)ccc2n(CP(=O)(O)O)c1=O.O=c1[nH]c2cc(F)ccc2n(CP(=O)(O)O)c1=O. The Morgan fingerprint density at radius 1 is 0.750 bits per heavy atom. The van der Waals surface area contributed by atoms with Crippen LogP contribution in [0.3, 0.4) is 0 Å². The summed E-state index contributed by atoms with van der Waals surface area (Å²) in [6.45, 7) is 0. The number of nitrogens with zero attached hydrogens (tertiary/aromatic N) is 2. The Hall–Kier alpha value is -3.16. The van der Waals surface area contributed by atoms with Gasteiger partial charge in [-0.3, -0.25) is 37.4 Å². The molecule has 0 fully saturated rings. The second kappa shape index (κ2) is 10.1. The zero-order chi connectivity index (χ0) is 27.0. The molecule has 0 amide bonds. The molecule has 6 N–H and O–H groups in total. The summed E-state index contributed by atoms with van der Waals surface area (Å²) in [7, 11) is -9.01. The lowest BCUT2D eigenvalue weighted by Gasteiger charge is -2.10. The highest BCUT2D eigenvalue weighted by molar-refractivity contribution is 7.50. The molecule has 0 aliphatic carbocycles. The third-order valence-electron chi connectivity index (χ3n) is 4.53. The molecule has 2 aromatic heterocycles. The third kappa shape index (κ3) is 6.53. The van der Waals surface area contributed by atoms with Crippen LogP contribution in [0.2, 0.25) is 5.02 Å². The topological polar surface area (TPSA) is 225 Å². The summed E-state index contributed by atoms with van der Waals surface area (Å²) >= 11 is 5.73. The van der Waals surface area contributed by atoms with Crippen molar-refractivity contribution in [3.8, 4) is 0 Å². The van der Waals surface area contributed by atoms with Gasteiger partial charge in [-0.05, 0) is 36.4 Å². The van der Waals surface area contributed by atoms with Crippen molar-refractivity contribution in [3.05, 3.63) is 88.7 Å². The Bertz CT molecular complexity index is 1680. The van der Waals surface area contributed by atoms with Crippen LogP contribution in [0.25, 0.3) is 22.1 Å². The predicted molar refractivity (Wildman–Crippen MR) is 127 cm³/mol. The summed E-state index contributed by atoms with van der Waals surface area (Å²) in [4.78, 5) is 85.8. The molecule has 0 aliphatic heterocycles. The van der Waals surface area contributed by atoms with Gasteiger partial charge in [0.1, 0.15) is 18.4 Å². The first-order chi connectivity index (χ1) is 16.6. The molecule has 0 saturated heterocycles. The molecule has 4 aromatic rings. The molecule has 0 atom stereocenters. The van der Waals surface area contributed by atoms with E-state index in [0.29, 0.717) is 9.59 Å². The van der Waals surface area contributed by atoms with Crippen LogP contribution in [0.4, 0.5) is 4.39 Å². The predicted octanol–water partition coefficient (Wildman–Crippen LogP) is 0.442. The van der Waals surface area contributed by atoms with Gasteiger partial charge >= 0.3 is 37.4 Å². The first-order valence-corrected chi connectivity index (χ1v) is 13.5. The van der Waals surface area contributed by atoms with Gasteiger partial charge in [-0.2, -0.15) is 0 Å². The fourth-order valence-corrected chi connectivity index (χ4v) is 4.62. The number of hydrogen-bond donors (Lipinski definition) is 6. The van der Waals surface area contributed by atoms with E-state index in [1.54, 1.807) is 0 Å². The summed E-state index contributed by atoms with van der Waals surface area (Å²) < 4.78 is 36.2. The van der Waals surface area contributed by atoms with E-state index in [1.807, 2.05) is 0 Å². The van der Waals surface area contributed by atoms with Gasteiger partial charge in [0.15, 0.2) is 0 Å². The number of benzene rings is 2. The Balaban J connectivity index is 0.000000201. The lowest BCUT2D eigenvalue weighted by molar-refractivity contribution is 0.360. The monoisotopic (exact) mass is 564 g/mol. The summed E-state index contributed by atoms with van der Waals surface area (Å²) in [6.07, 6.45) is -1.79.